The summed E-state index contributed by atoms with van der Waals surface area (Å²) in [5.41, 5.74) is -0.902. The fourth-order valence-electron chi connectivity index (χ4n) is 3.10. The molecule has 0 fully saturated rings. The van der Waals surface area contributed by atoms with E-state index < -0.39 is 22.5 Å². The predicted octanol–water partition coefficient (Wildman–Crippen LogP) is 2.71. The number of aromatic nitrogens is 1. The van der Waals surface area contributed by atoms with E-state index in [0.717, 1.165) is 5.56 Å². The van der Waals surface area contributed by atoms with Gasteiger partial charge in [0.05, 0.1) is 5.56 Å². The van der Waals surface area contributed by atoms with Crippen molar-refractivity contribution in [2.45, 2.75) is 33.9 Å². The number of pyridine rings is 1. The average Bonchev–Trinajstić information content (AvgIpc) is 2.59. The first-order chi connectivity index (χ1) is 12.6. The van der Waals surface area contributed by atoms with Crippen LogP contribution in [0, 0.1) is 5.41 Å². The summed E-state index contributed by atoms with van der Waals surface area (Å²) in [6.07, 6.45) is 1.39. The SMILES string of the molecule is CC(C)(C)C(=O)c1cn2c(c(O)c1=O)C(=O)N(Cc1cccc(Cl)c1)CC2.[Na]. The van der Waals surface area contributed by atoms with Crippen LogP contribution in [0.1, 0.15) is 47.2 Å². The van der Waals surface area contributed by atoms with E-state index >= 15 is 0 Å². The number of hydrogen-bond donors (Lipinski definition) is 1. The minimum Gasteiger partial charge on any atom is -0.503 e. The van der Waals surface area contributed by atoms with E-state index in [4.69, 9.17) is 11.6 Å². The number of halogens is 1. The van der Waals surface area contributed by atoms with Crippen molar-refractivity contribution >= 4 is 52.8 Å². The second-order valence-electron chi connectivity index (χ2n) is 7.70. The van der Waals surface area contributed by atoms with Crippen LogP contribution in [0.15, 0.2) is 35.3 Å². The van der Waals surface area contributed by atoms with Gasteiger partial charge < -0.3 is 14.6 Å². The van der Waals surface area contributed by atoms with Gasteiger partial charge in [-0.15, -0.1) is 0 Å². The summed E-state index contributed by atoms with van der Waals surface area (Å²) in [6.45, 7) is 6.19. The van der Waals surface area contributed by atoms with Gasteiger partial charge in [-0.25, -0.2) is 0 Å². The molecule has 3 rings (SSSR count). The van der Waals surface area contributed by atoms with Crippen molar-refractivity contribution in [1.82, 2.24) is 9.47 Å². The molecule has 0 saturated heterocycles. The van der Waals surface area contributed by atoms with E-state index in [1.807, 2.05) is 6.07 Å². The van der Waals surface area contributed by atoms with Crippen molar-refractivity contribution < 1.29 is 14.7 Å². The number of fused-ring (bicyclic) bond motifs is 1. The minimum absolute atomic E-state index is 0. The molecule has 0 saturated carbocycles. The summed E-state index contributed by atoms with van der Waals surface area (Å²) in [7, 11) is 0. The third kappa shape index (κ3) is 4.35. The quantitative estimate of drug-likeness (QED) is 0.622. The Hall–Kier alpha value is -1.60. The van der Waals surface area contributed by atoms with Crippen LogP contribution in [0.25, 0.3) is 0 Å². The van der Waals surface area contributed by atoms with Crippen molar-refractivity contribution in [3.8, 4) is 5.75 Å². The van der Waals surface area contributed by atoms with Crippen molar-refractivity contribution in [3.05, 3.63) is 62.5 Å². The van der Waals surface area contributed by atoms with Crippen LogP contribution in [0.5, 0.6) is 5.75 Å². The fourth-order valence-corrected chi connectivity index (χ4v) is 3.32. The van der Waals surface area contributed by atoms with E-state index in [2.05, 4.69) is 0 Å². The monoisotopic (exact) mass is 411 g/mol. The molecular formula is C20H21ClN2NaO4. The zero-order valence-electron chi connectivity index (χ0n) is 16.5. The third-order valence-electron chi connectivity index (χ3n) is 4.55. The maximum absolute atomic E-state index is 12.8. The molecule has 0 bridgehead atoms. The van der Waals surface area contributed by atoms with Crippen LogP contribution in [0.2, 0.25) is 5.02 Å². The molecule has 0 unspecified atom stereocenters. The Kier molecular flexibility index (Phi) is 6.82. The maximum atomic E-state index is 12.8. The molecule has 2 aromatic rings. The summed E-state index contributed by atoms with van der Waals surface area (Å²) in [4.78, 5) is 39.4. The van der Waals surface area contributed by atoms with Gasteiger partial charge in [-0.1, -0.05) is 44.5 Å². The second-order valence-corrected chi connectivity index (χ2v) is 8.13. The number of benzene rings is 1. The molecule has 1 aromatic heterocycles. The maximum Gasteiger partial charge on any atom is 0.274 e. The van der Waals surface area contributed by atoms with Crippen LogP contribution in [-0.2, 0) is 13.1 Å². The Balaban J connectivity index is 0.00000280. The molecule has 1 aromatic carbocycles. The summed E-state index contributed by atoms with van der Waals surface area (Å²) in [5.74, 6) is -1.50. The van der Waals surface area contributed by atoms with Gasteiger partial charge in [0.1, 0.15) is 0 Å². The van der Waals surface area contributed by atoms with Gasteiger partial charge in [-0.05, 0) is 17.7 Å². The molecule has 0 spiro atoms. The molecular weight excluding hydrogens is 391 g/mol. The number of carbonyl (C=O) groups excluding carboxylic acids is 2. The third-order valence-corrected chi connectivity index (χ3v) is 4.78. The predicted molar refractivity (Wildman–Crippen MR) is 108 cm³/mol. The summed E-state index contributed by atoms with van der Waals surface area (Å²) >= 11 is 5.99. The number of carbonyl (C=O) groups is 2. The zero-order valence-corrected chi connectivity index (χ0v) is 19.2. The Morgan fingerprint density at radius 2 is 1.89 bits per heavy atom. The van der Waals surface area contributed by atoms with Crippen LogP contribution >= 0.6 is 11.6 Å². The van der Waals surface area contributed by atoms with Crippen molar-refractivity contribution in [2.75, 3.05) is 6.54 Å². The number of ketones is 1. The molecule has 1 aliphatic rings. The molecule has 1 amide bonds. The Labute approximate surface area is 190 Å². The van der Waals surface area contributed by atoms with Gasteiger partial charge in [0.25, 0.3) is 5.91 Å². The molecule has 0 atom stereocenters. The van der Waals surface area contributed by atoms with Gasteiger partial charge in [0, 0.05) is 65.8 Å². The van der Waals surface area contributed by atoms with Gasteiger partial charge >= 0.3 is 0 Å². The Morgan fingerprint density at radius 3 is 2.50 bits per heavy atom. The van der Waals surface area contributed by atoms with Crippen molar-refractivity contribution in [1.29, 1.82) is 0 Å². The van der Waals surface area contributed by atoms with Gasteiger partial charge in [-0.3, -0.25) is 14.4 Å². The van der Waals surface area contributed by atoms with E-state index in [1.54, 1.807) is 43.9 Å². The van der Waals surface area contributed by atoms with E-state index in [-0.39, 0.29) is 46.6 Å². The molecule has 8 heteroatoms. The van der Waals surface area contributed by atoms with Crippen molar-refractivity contribution in [3.63, 3.8) is 0 Å². The molecule has 1 N–H and O–H groups in total. The largest absolute Gasteiger partial charge is 0.503 e. The van der Waals surface area contributed by atoms with E-state index in [1.165, 1.54) is 10.8 Å². The van der Waals surface area contributed by atoms with Crippen LogP contribution < -0.4 is 5.43 Å². The standard InChI is InChI=1S/C20H21ClN2O4.Na/c1-20(2,3)18(26)14-11-22-7-8-23(10-12-5-4-6-13(21)9-12)19(27)15(22)17(25)16(14)24;/h4-6,9,11,25H,7-8,10H2,1-3H3;. The minimum atomic E-state index is -0.806. The first kappa shape index (κ1) is 22.7. The number of amides is 1. The number of aromatic hydroxyl groups is 1. The van der Waals surface area contributed by atoms with Gasteiger partial charge in [0.15, 0.2) is 17.2 Å². The molecule has 2 heterocycles. The fraction of sp³-hybridized carbons (Fsp3) is 0.350. The van der Waals surface area contributed by atoms with Crippen molar-refractivity contribution in [2.24, 2.45) is 5.41 Å². The average molecular weight is 412 g/mol. The normalized spacial score (nSPS) is 13.7. The first-order valence-electron chi connectivity index (χ1n) is 8.64. The van der Waals surface area contributed by atoms with E-state index in [0.29, 0.717) is 24.7 Å². The summed E-state index contributed by atoms with van der Waals surface area (Å²) in [5, 5.41) is 11.0. The molecule has 6 nitrogen and oxygen atoms in total. The number of Topliss-reactive ketones (excluding diaryl/α,β-unsaturated/α-hetero) is 1. The summed E-state index contributed by atoms with van der Waals surface area (Å²) < 4.78 is 1.49. The Bertz CT molecular complexity index is 995. The summed E-state index contributed by atoms with van der Waals surface area (Å²) in [6, 6.07) is 7.16. The molecule has 0 aliphatic carbocycles. The van der Waals surface area contributed by atoms with E-state index in [9.17, 15) is 19.5 Å². The number of nitrogens with zero attached hydrogens (tertiary/aromatic N) is 2. The molecule has 1 radical (unpaired) electrons. The second kappa shape index (κ2) is 8.41. The smallest absolute Gasteiger partial charge is 0.274 e. The molecule has 143 valence electrons. The number of hydrogen-bond acceptors (Lipinski definition) is 4. The van der Waals surface area contributed by atoms with Gasteiger partial charge in [-0.2, -0.15) is 0 Å². The number of rotatable bonds is 3. The zero-order chi connectivity index (χ0) is 19.9. The van der Waals surface area contributed by atoms with Crippen LogP contribution in [0.4, 0.5) is 0 Å². The first-order valence-corrected chi connectivity index (χ1v) is 9.02. The topological polar surface area (TPSA) is 79.6 Å². The molecule has 28 heavy (non-hydrogen) atoms. The molecule has 1 aliphatic heterocycles. The Morgan fingerprint density at radius 1 is 1.21 bits per heavy atom. The van der Waals surface area contributed by atoms with Crippen LogP contribution in [0.3, 0.4) is 0 Å². The van der Waals surface area contributed by atoms with Crippen LogP contribution in [-0.4, -0.2) is 62.4 Å². The van der Waals surface area contributed by atoms with Gasteiger partial charge in [0.2, 0.25) is 5.43 Å².